The van der Waals surface area contributed by atoms with Crippen LogP contribution in [0.1, 0.15) is 53.6 Å². The van der Waals surface area contributed by atoms with Gasteiger partial charge in [-0.15, -0.1) is 0 Å². The van der Waals surface area contributed by atoms with E-state index in [4.69, 9.17) is 4.42 Å². The number of nitrogens with one attached hydrogen (secondary N) is 2. The summed E-state index contributed by atoms with van der Waals surface area (Å²) in [6.45, 7) is 0.734. The third-order valence-electron chi connectivity index (χ3n) is 7.78. The van der Waals surface area contributed by atoms with E-state index in [1.807, 2.05) is 24.3 Å². The molecule has 1 aliphatic carbocycles. The molecule has 2 heterocycles. The van der Waals surface area contributed by atoms with Gasteiger partial charge in [-0.25, -0.2) is 4.98 Å². The summed E-state index contributed by atoms with van der Waals surface area (Å²) >= 11 is 0. The number of halogens is 3. The van der Waals surface area contributed by atoms with Crippen molar-refractivity contribution >= 4 is 11.8 Å². The van der Waals surface area contributed by atoms with E-state index in [0.717, 1.165) is 48.6 Å². The monoisotopic (exact) mass is 556 g/mol. The second kappa shape index (κ2) is 11.4. The Morgan fingerprint density at radius 1 is 1.07 bits per heavy atom. The Hall–Kier alpha value is -3.70. The van der Waals surface area contributed by atoms with Crippen molar-refractivity contribution in [1.29, 1.82) is 0 Å². The molecule has 1 saturated heterocycles. The fourth-order valence-electron chi connectivity index (χ4n) is 5.50. The number of aliphatic hydroxyl groups is 1. The molecule has 11 heteroatoms. The van der Waals surface area contributed by atoms with Crippen molar-refractivity contribution in [2.75, 3.05) is 19.6 Å². The zero-order valence-corrected chi connectivity index (χ0v) is 21.8. The van der Waals surface area contributed by atoms with Crippen LogP contribution in [0.2, 0.25) is 0 Å². The molecule has 1 aromatic heterocycles. The Morgan fingerprint density at radius 2 is 1.82 bits per heavy atom. The van der Waals surface area contributed by atoms with Crippen molar-refractivity contribution in [2.24, 2.45) is 0 Å². The summed E-state index contributed by atoms with van der Waals surface area (Å²) in [5.74, 6) is -0.472. The summed E-state index contributed by atoms with van der Waals surface area (Å²) in [4.78, 5) is 30.8. The van der Waals surface area contributed by atoms with Crippen LogP contribution in [0.15, 0.2) is 65.4 Å². The second-order valence-electron chi connectivity index (χ2n) is 10.5. The van der Waals surface area contributed by atoms with Gasteiger partial charge in [0.05, 0.1) is 23.9 Å². The Balaban J connectivity index is 1.06. The van der Waals surface area contributed by atoms with Crippen molar-refractivity contribution in [3.63, 3.8) is 0 Å². The molecule has 0 radical (unpaired) electrons. The first-order valence-corrected chi connectivity index (χ1v) is 13.3. The third kappa shape index (κ3) is 6.37. The molecule has 0 bridgehead atoms. The normalized spacial score (nSPS) is 23.2. The highest BCUT2D eigenvalue weighted by Crippen LogP contribution is 2.38. The number of carbonyl (C=O) groups excluding carboxylic acids is 2. The van der Waals surface area contributed by atoms with Gasteiger partial charge in [-0.1, -0.05) is 18.2 Å². The number of nitrogens with zero attached hydrogens (tertiary/aromatic N) is 2. The number of benzene rings is 2. The molecule has 0 unspecified atom stereocenters. The van der Waals surface area contributed by atoms with Gasteiger partial charge in [-0.05, 0) is 68.0 Å². The number of hydrogen-bond acceptors (Lipinski definition) is 6. The van der Waals surface area contributed by atoms with Gasteiger partial charge in [0.15, 0.2) is 0 Å². The van der Waals surface area contributed by atoms with E-state index in [-0.39, 0.29) is 30.1 Å². The highest BCUT2D eigenvalue weighted by Gasteiger charge is 2.36. The molecule has 2 aliphatic rings. The molecule has 5 rings (SSSR count). The molecule has 40 heavy (non-hydrogen) atoms. The highest BCUT2D eigenvalue weighted by molar-refractivity contribution is 5.96. The van der Waals surface area contributed by atoms with E-state index < -0.39 is 23.2 Å². The lowest BCUT2D eigenvalue weighted by molar-refractivity contribution is -0.137. The molecule has 2 fully saturated rings. The van der Waals surface area contributed by atoms with Gasteiger partial charge in [0.2, 0.25) is 11.8 Å². The lowest BCUT2D eigenvalue weighted by Gasteiger charge is -2.37. The molecule has 1 atom stereocenters. The summed E-state index contributed by atoms with van der Waals surface area (Å²) in [5.41, 5.74) is -0.245. The molecule has 1 aliphatic heterocycles. The van der Waals surface area contributed by atoms with Gasteiger partial charge >= 0.3 is 6.18 Å². The third-order valence-corrected chi connectivity index (χ3v) is 7.78. The van der Waals surface area contributed by atoms with Gasteiger partial charge in [0.25, 0.3) is 5.91 Å². The smallest absolute Gasteiger partial charge is 0.416 e. The number of carbonyl (C=O) groups is 2. The summed E-state index contributed by atoms with van der Waals surface area (Å²) in [7, 11) is 0. The summed E-state index contributed by atoms with van der Waals surface area (Å²) in [6, 6.07) is 12.1. The minimum absolute atomic E-state index is 0.0967. The number of amides is 2. The van der Waals surface area contributed by atoms with Crippen molar-refractivity contribution < 1.29 is 32.3 Å². The van der Waals surface area contributed by atoms with Crippen LogP contribution in [0.25, 0.3) is 11.5 Å². The summed E-state index contributed by atoms with van der Waals surface area (Å²) in [5, 5.41) is 17.3. The van der Waals surface area contributed by atoms with Gasteiger partial charge in [-0.2, -0.15) is 13.2 Å². The Labute approximate surface area is 229 Å². The van der Waals surface area contributed by atoms with E-state index in [1.54, 1.807) is 11.1 Å². The number of alkyl halides is 3. The maximum Gasteiger partial charge on any atom is 0.416 e. The second-order valence-corrected chi connectivity index (χ2v) is 10.5. The molecular formula is C29H31F3N4O4. The number of aromatic nitrogens is 1. The van der Waals surface area contributed by atoms with E-state index in [1.165, 1.54) is 12.3 Å². The minimum atomic E-state index is -4.55. The number of rotatable bonds is 7. The molecule has 212 valence electrons. The van der Waals surface area contributed by atoms with Crippen LogP contribution in [0.4, 0.5) is 13.2 Å². The maximum absolute atomic E-state index is 12.9. The van der Waals surface area contributed by atoms with Crippen molar-refractivity contribution in [1.82, 2.24) is 20.5 Å². The van der Waals surface area contributed by atoms with Crippen LogP contribution in [-0.2, 0) is 16.6 Å². The molecule has 1 saturated carbocycles. The Morgan fingerprint density at radius 3 is 2.50 bits per heavy atom. The van der Waals surface area contributed by atoms with E-state index in [0.29, 0.717) is 31.8 Å². The van der Waals surface area contributed by atoms with Crippen LogP contribution in [0.5, 0.6) is 0 Å². The van der Waals surface area contributed by atoms with Crippen molar-refractivity contribution in [3.8, 4) is 11.5 Å². The van der Waals surface area contributed by atoms with E-state index in [9.17, 15) is 27.9 Å². The van der Waals surface area contributed by atoms with Crippen LogP contribution in [0, 0.1) is 0 Å². The standard InChI is InChI=1S/C29H31F3N4O4/c30-29(31,32)22-3-1-2-20(16-22)26(38)34-17-25(37)36-14-10-24(18-36)35-23-8-11-28(39,12-9-23)21-6-4-19(5-7-21)27-33-13-15-40-27/h1-7,13,15-16,23-24,35,39H,8-12,14,17-18H2,(H,34,38)/t23?,24-,28?/m0/s1. The van der Waals surface area contributed by atoms with Crippen LogP contribution >= 0.6 is 0 Å². The molecule has 2 aromatic carbocycles. The fourth-order valence-corrected chi connectivity index (χ4v) is 5.50. The van der Waals surface area contributed by atoms with Gasteiger partial charge in [0.1, 0.15) is 6.26 Å². The average Bonchev–Trinajstić information content (AvgIpc) is 3.66. The van der Waals surface area contributed by atoms with Crippen molar-refractivity contribution in [2.45, 2.75) is 56.0 Å². The molecule has 0 spiro atoms. The lowest BCUT2D eigenvalue weighted by Crippen LogP contribution is -2.46. The quantitative estimate of drug-likeness (QED) is 0.404. The van der Waals surface area contributed by atoms with Gasteiger partial charge in [0, 0.05) is 36.3 Å². The van der Waals surface area contributed by atoms with Crippen molar-refractivity contribution in [3.05, 3.63) is 77.7 Å². The van der Waals surface area contributed by atoms with E-state index in [2.05, 4.69) is 15.6 Å². The number of hydrogen-bond donors (Lipinski definition) is 3. The van der Waals surface area contributed by atoms with Crippen LogP contribution < -0.4 is 10.6 Å². The van der Waals surface area contributed by atoms with Crippen LogP contribution in [0.3, 0.4) is 0 Å². The molecular weight excluding hydrogens is 525 g/mol. The largest absolute Gasteiger partial charge is 0.445 e. The molecule has 2 amide bonds. The maximum atomic E-state index is 12.9. The zero-order chi connectivity index (χ0) is 28.3. The summed E-state index contributed by atoms with van der Waals surface area (Å²) in [6.07, 6.45) is 2.12. The summed E-state index contributed by atoms with van der Waals surface area (Å²) < 4.78 is 44.1. The van der Waals surface area contributed by atoms with Gasteiger partial charge < -0.3 is 25.1 Å². The predicted molar refractivity (Wildman–Crippen MR) is 140 cm³/mol. The number of likely N-dealkylation sites (tertiary alicyclic amines) is 1. The zero-order valence-electron chi connectivity index (χ0n) is 21.8. The Kier molecular flexibility index (Phi) is 7.95. The first-order valence-electron chi connectivity index (χ1n) is 13.3. The molecule has 3 aromatic rings. The SMILES string of the molecule is O=C(NCC(=O)N1CC[C@H](NC2CCC(O)(c3ccc(-c4ncco4)cc3)CC2)C1)c1cccc(C(F)(F)F)c1. The minimum Gasteiger partial charge on any atom is -0.445 e. The highest BCUT2D eigenvalue weighted by atomic mass is 19.4. The number of oxazole rings is 1. The van der Waals surface area contributed by atoms with E-state index >= 15 is 0 Å². The van der Waals surface area contributed by atoms with Crippen LogP contribution in [-0.4, -0.2) is 58.5 Å². The lowest BCUT2D eigenvalue weighted by atomic mass is 9.77. The first-order chi connectivity index (χ1) is 19.1. The topological polar surface area (TPSA) is 108 Å². The first kappa shape index (κ1) is 27.9. The van der Waals surface area contributed by atoms with Gasteiger partial charge in [-0.3, -0.25) is 9.59 Å². The fraction of sp³-hybridized carbons (Fsp3) is 0.414. The Bertz CT molecular complexity index is 1320. The predicted octanol–water partition coefficient (Wildman–Crippen LogP) is 4.11. The average molecular weight is 557 g/mol. The molecule has 3 N–H and O–H groups in total. The molecule has 8 nitrogen and oxygen atoms in total.